The minimum absolute atomic E-state index is 0.243. The Hall–Kier alpha value is -0.650. The van der Waals surface area contributed by atoms with Gasteiger partial charge in [0.1, 0.15) is 0 Å². The monoisotopic (exact) mass is 269 g/mol. The normalized spacial score (nSPS) is 28.8. The molecule has 19 heavy (non-hydrogen) atoms. The van der Waals surface area contributed by atoms with Crippen molar-refractivity contribution in [3.63, 3.8) is 0 Å². The third kappa shape index (κ3) is 4.16. The number of methoxy groups -OCH3 is 1. The second kappa shape index (κ2) is 7.22. The van der Waals surface area contributed by atoms with Crippen LogP contribution in [-0.2, 0) is 9.53 Å². The van der Waals surface area contributed by atoms with Crippen molar-refractivity contribution in [3.05, 3.63) is 0 Å². The van der Waals surface area contributed by atoms with Gasteiger partial charge < -0.3 is 15.4 Å². The third-order valence-electron chi connectivity index (χ3n) is 4.49. The summed E-state index contributed by atoms with van der Waals surface area (Å²) in [6.45, 7) is 5.36. The highest BCUT2D eigenvalue weighted by Crippen LogP contribution is 2.27. The van der Waals surface area contributed by atoms with E-state index in [0.29, 0.717) is 18.2 Å². The van der Waals surface area contributed by atoms with Gasteiger partial charge in [0.15, 0.2) is 0 Å². The molecule has 1 saturated heterocycles. The topological polar surface area (TPSA) is 58.8 Å². The van der Waals surface area contributed by atoms with Crippen LogP contribution in [0, 0.1) is 5.92 Å². The zero-order chi connectivity index (χ0) is 13.7. The Labute approximate surface area is 116 Å². The fourth-order valence-electron chi connectivity index (χ4n) is 3.11. The van der Waals surface area contributed by atoms with Crippen molar-refractivity contribution < 1.29 is 9.53 Å². The summed E-state index contributed by atoms with van der Waals surface area (Å²) >= 11 is 0. The van der Waals surface area contributed by atoms with Gasteiger partial charge in [-0.2, -0.15) is 0 Å². The highest BCUT2D eigenvalue weighted by molar-refractivity contribution is 5.76. The van der Waals surface area contributed by atoms with Gasteiger partial charge in [-0.3, -0.25) is 9.69 Å². The van der Waals surface area contributed by atoms with Crippen molar-refractivity contribution >= 4 is 5.91 Å². The Morgan fingerprint density at radius 3 is 2.58 bits per heavy atom. The maximum atomic E-state index is 12.2. The average Bonchev–Trinajstić information content (AvgIpc) is 2.82. The maximum Gasteiger partial charge on any atom is 0.222 e. The zero-order valence-corrected chi connectivity index (χ0v) is 12.0. The smallest absolute Gasteiger partial charge is 0.222 e. The summed E-state index contributed by atoms with van der Waals surface area (Å²) in [4.78, 5) is 16.6. The second-order valence-electron chi connectivity index (χ2n) is 5.77. The molecule has 2 rings (SSSR count). The SMILES string of the molecule is COCCN1CCN(C(=O)C[C@@H]2CCC[C@H]2N)CC1. The summed E-state index contributed by atoms with van der Waals surface area (Å²) in [6.07, 6.45) is 4.05. The number of ether oxygens (including phenoxy) is 1. The van der Waals surface area contributed by atoms with Gasteiger partial charge >= 0.3 is 0 Å². The molecular weight excluding hydrogens is 242 g/mol. The van der Waals surface area contributed by atoms with Crippen LogP contribution in [0.15, 0.2) is 0 Å². The molecule has 1 aliphatic heterocycles. The maximum absolute atomic E-state index is 12.2. The molecule has 1 aliphatic carbocycles. The summed E-state index contributed by atoms with van der Waals surface area (Å²) in [6, 6.07) is 0.243. The van der Waals surface area contributed by atoms with E-state index in [1.165, 1.54) is 6.42 Å². The standard InChI is InChI=1S/C14H27N3O2/c1-19-10-9-16-5-7-17(8-6-16)14(18)11-12-3-2-4-13(12)15/h12-13H,2-11,15H2,1H3/t12-,13+/m0/s1. The van der Waals surface area contributed by atoms with Crippen LogP contribution in [0.5, 0.6) is 0 Å². The summed E-state index contributed by atoms with van der Waals surface area (Å²) < 4.78 is 5.08. The minimum Gasteiger partial charge on any atom is -0.383 e. The molecular formula is C14H27N3O2. The van der Waals surface area contributed by atoms with Gasteiger partial charge in [0, 0.05) is 52.3 Å². The Morgan fingerprint density at radius 1 is 1.26 bits per heavy atom. The van der Waals surface area contributed by atoms with E-state index >= 15 is 0 Å². The number of rotatable bonds is 5. The lowest BCUT2D eigenvalue weighted by Gasteiger charge is -2.35. The largest absolute Gasteiger partial charge is 0.383 e. The van der Waals surface area contributed by atoms with E-state index < -0.39 is 0 Å². The molecule has 0 radical (unpaired) electrons. The molecule has 0 spiro atoms. The number of nitrogens with zero attached hydrogens (tertiary/aromatic N) is 2. The lowest BCUT2D eigenvalue weighted by molar-refractivity contribution is -0.134. The predicted molar refractivity (Wildman–Crippen MR) is 74.8 cm³/mol. The average molecular weight is 269 g/mol. The fourth-order valence-corrected chi connectivity index (χ4v) is 3.11. The van der Waals surface area contributed by atoms with Crippen LogP contribution in [0.2, 0.25) is 0 Å². The Bertz CT molecular complexity index is 290. The van der Waals surface area contributed by atoms with E-state index in [2.05, 4.69) is 4.90 Å². The van der Waals surface area contributed by atoms with Crippen molar-refractivity contribution in [2.45, 2.75) is 31.7 Å². The number of amides is 1. The van der Waals surface area contributed by atoms with E-state index in [9.17, 15) is 4.79 Å². The van der Waals surface area contributed by atoms with E-state index in [1.807, 2.05) is 4.90 Å². The summed E-state index contributed by atoms with van der Waals surface area (Å²) in [5, 5.41) is 0. The van der Waals surface area contributed by atoms with Crippen molar-refractivity contribution in [2.75, 3.05) is 46.4 Å². The van der Waals surface area contributed by atoms with Gasteiger partial charge in [0.25, 0.3) is 0 Å². The lowest BCUT2D eigenvalue weighted by Crippen LogP contribution is -2.50. The Kier molecular flexibility index (Phi) is 5.60. The molecule has 1 saturated carbocycles. The van der Waals surface area contributed by atoms with E-state index in [0.717, 1.165) is 52.2 Å². The van der Waals surface area contributed by atoms with Crippen LogP contribution in [0.1, 0.15) is 25.7 Å². The van der Waals surface area contributed by atoms with E-state index in [-0.39, 0.29) is 6.04 Å². The van der Waals surface area contributed by atoms with Crippen LogP contribution >= 0.6 is 0 Å². The molecule has 1 heterocycles. The molecule has 2 N–H and O–H groups in total. The van der Waals surface area contributed by atoms with Crippen LogP contribution < -0.4 is 5.73 Å². The van der Waals surface area contributed by atoms with Gasteiger partial charge in [0.2, 0.25) is 5.91 Å². The highest BCUT2D eigenvalue weighted by atomic mass is 16.5. The molecule has 0 unspecified atom stereocenters. The van der Waals surface area contributed by atoms with Crippen molar-refractivity contribution in [1.82, 2.24) is 9.80 Å². The predicted octanol–water partition coefficient (Wildman–Crippen LogP) is 0.295. The molecule has 2 aliphatic rings. The number of carbonyl (C=O) groups excluding carboxylic acids is 1. The lowest BCUT2D eigenvalue weighted by atomic mass is 9.99. The summed E-state index contributed by atoms with van der Waals surface area (Å²) in [5.74, 6) is 0.716. The molecule has 5 nitrogen and oxygen atoms in total. The van der Waals surface area contributed by atoms with Gasteiger partial charge in [0.05, 0.1) is 6.61 Å². The molecule has 110 valence electrons. The molecule has 0 aromatic rings. The van der Waals surface area contributed by atoms with Crippen LogP contribution in [0.3, 0.4) is 0 Å². The van der Waals surface area contributed by atoms with Gasteiger partial charge in [-0.25, -0.2) is 0 Å². The summed E-state index contributed by atoms with van der Waals surface area (Å²) in [5.41, 5.74) is 6.04. The molecule has 5 heteroatoms. The Morgan fingerprint density at radius 2 is 2.00 bits per heavy atom. The molecule has 0 aromatic heterocycles. The van der Waals surface area contributed by atoms with Crippen LogP contribution in [0.25, 0.3) is 0 Å². The molecule has 2 atom stereocenters. The minimum atomic E-state index is 0.243. The molecule has 0 aromatic carbocycles. The first-order valence-electron chi connectivity index (χ1n) is 7.45. The number of carbonyl (C=O) groups is 1. The molecule has 1 amide bonds. The van der Waals surface area contributed by atoms with E-state index in [1.54, 1.807) is 7.11 Å². The van der Waals surface area contributed by atoms with Gasteiger partial charge in [-0.15, -0.1) is 0 Å². The zero-order valence-electron chi connectivity index (χ0n) is 12.0. The number of nitrogens with two attached hydrogens (primary N) is 1. The van der Waals surface area contributed by atoms with Crippen molar-refractivity contribution in [3.8, 4) is 0 Å². The second-order valence-corrected chi connectivity index (χ2v) is 5.77. The molecule has 0 bridgehead atoms. The third-order valence-corrected chi connectivity index (χ3v) is 4.49. The number of hydrogen-bond acceptors (Lipinski definition) is 4. The first kappa shape index (κ1) is 14.8. The van der Waals surface area contributed by atoms with E-state index in [4.69, 9.17) is 10.5 Å². The van der Waals surface area contributed by atoms with Crippen molar-refractivity contribution in [1.29, 1.82) is 0 Å². The number of hydrogen-bond donors (Lipinski definition) is 1. The highest BCUT2D eigenvalue weighted by Gasteiger charge is 2.29. The molecule has 2 fully saturated rings. The van der Waals surface area contributed by atoms with Crippen LogP contribution in [-0.4, -0.2) is 68.2 Å². The Balaban J connectivity index is 1.70. The van der Waals surface area contributed by atoms with Crippen LogP contribution in [0.4, 0.5) is 0 Å². The number of piperazine rings is 1. The van der Waals surface area contributed by atoms with Gasteiger partial charge in [-0.05, 0) is 18.8 Å². The van der Waals surface area contributed by atoms with Crippen molar-refractivity contribution in [2.24, 2.45) is 11.7 Å². The summed E-state index contributed by atoms with van der Waals surface area (Å²) in [7, 11) is 1.73. The van der Waals surface area contributed by atoms with Gasteiger partial charge in [-0.1, -0.05) is 6.42 Å². The quantitative estimate of drug-likeness (QED) is 0.779. The first-order chi connectivity index (χ1) is 9.20. The first-order valence-corrected chi connectivity index (χ1v) is 7.45. The fraction of sp³-hybridized carbons (Fsp3) is 0.929.